The first-order valence-corrected chi connectivity index (χ1v) is 8.54. The Balaban J connectivity index is 2.23. The third-order valence-corrected chi connectivity index (χ3v) is 5.35. The maximum atomic E-state index is 4.40. The molecule has 0 amide bonds. The van der Waals surface area contributed by atoms with Gasteiger partial charge in [-0.1, -0.05) is 27.7 Å². The maximum Gasteiger partial charge on any atom is 0.0305 e. The largest absolute Gasteiger partial charge is 0.317 e. The zero-order valence-corrected chi connectivity index (χ0v) is 14.4. The van der Waals surface area contributed by atoms with Crippen molar-refractivity contribution in [2.24, 2.45) is 17.3 Å². The Hall–Kier alpha value is -0.890. The number of hydrogen-bond donors (Lipinski definition) is 1. The molecule has 118 valence electrons. The average Bonchev–Trinajstić information content (AvgIpc) is 2.44. The van der Waals surface area contributed by atoms with E-state index in [4.69, 9.17) is 0 Å². The molecular weight excluding hydrogens is 256 g/mol. The molecule has 0 bridgehead atoms. The highest BCUT2D eigenvalue weighted by Gasteiger charge is 2.36. The maximum absolute atomic E-state index is 4.40. The molecule has 1 N–H and O–H groups in total. The highest BCUT2D eigenvalue weighted by atomic mass is 14.8. The van der Waals surface area contributed by atoms with Crippen molar-refractivity contribution in [2.75, 3.05) is 13.1 Å². The minimum atomic E-state index is 0.414. The second-order valence-corrected chi connectivity index (χ2v) is 7.78. The van der Waals surface area contributed by atoms with Crippen molar-refractivity contribution in [3.8, 4) is 0 Å². The fourth-order valence-corrected chi connectivity index (χ4v) is 3.84. The van der Waals surface area contributed by atoms with Gasteiger partial charge in [0.25, 0.3) is 0 Å². The molecule has 1 saturated carbocycles. The molecule has 1 heterocycles. The Kier molecular flexibility index (Phi) is 5.43. The van der Waals surface area contributed by atoms with Gasteiger partial charge in [-0.25, -0.2) is 0 Å². The lowest BCUT2D eigenvalue weighted by molar-refractivity contribution is 0.129. The van der Waals surface area contributed by atoms with Gasteiger partial charge in [0.2, 0.25) is 0 Å². The lowest BCUT2D eigenvalue weighted by Gasteiger charge is -2.42. The fourth-order valence-electron chi connectivity index (χ4n) is 3.84. The SMILES string of the molecule is CCNCC1CCC(C(C)(C)C)CC1c1cnccc1C. The van der Waals surface area contributed by atoms with Gasteiger partial charge in [0.15, 0.2) is 0 Å². The molecule has 1 fully saturated rings. The summed E-state index contributed by atoms with van der Waals surface area (Å²) < 4.78 is 0. The molecule has 1 aliphatic carbocycles. The van der Waals surface area contributed by atoms with Gasteiger partial charge < -0.3 is 5.32 Å². The number of aryl methyl sites for hydroxylation is 1. The summed E-state index contributed by atoms with van der Waals surface area (Å²) in [6, 6.07) is 2.17. The van der Waals surface area contributed by atoms with Gasteiger partial charge in [-0.3, -0.25) is 4.98 Å². The molecule has 2 rings (SSSR count). The van der Waals surface area contributed by atoms with E-state index >= 15 is 0 Å². The fraction of sp³-hybridized carbons (Fsp3) is 0.737. The Morgan fingerprint density at radius 2 is 2.05 bits per heavy atom. The van der Waals surface area contributed by atoms with E-state index in [1.165, 1.54) is 30.4 Å². The zero-order valence-electron chi connectivity index (χ0n) is 14.4. The Labute approximate surface area is 130 Å². The van der Waals surface area contributed by atoms with E-state index in [0.29, 0.717) is 11.3 Å². The van der Waals surface area contributed by atoms with Gasteiger partial charge in [-0.2, -0.15) is 0 Å². The normalized spacial score (nSPS) is 26.8. The summed E-state index contributed by atoms with van der Waals surface area (Å²) >= 11 is 0. The van der Waals surface area contributed by atoms with Crippen molar-refractivity contribution < 1.29 is 0 Å². The van der Waals surface area contributed by atoms with Gasteiger partial charge in [0.05, 0.1) is 0 Å². The number of rotatable bonds is 4. The molecule has 0 saturated heterocycles. The summed E-state index contributed by atoms with van der Waals surface area (Å²) in [7, 11) is 0. The minimum absolute atomic E-state index is 0.414. The van der Waals surface area contributed by atoms with Crippen LogP contribution < -0.4 is 5.32 Å². The lowest BCUT2D eigenvalue weighted by atomic mass is 9.63. The molecule has 3 atom stereocenters. The molecule has 0 radical (unpaired) electrons. The smallest absolute Gasteiger partial charge is 0.0305 e. The summed E-state index contributed by atoms with van der Waals surface area (Å²) in [5.41, 5.74) is 3.30. The highest BCUT2D eigenvalue weighted by molar-refractivity contribution is 5.27. The van der Waals surface area contributed by atoms with Gasteiger partial charge in [-0.05, 0) is 79.6 Å². The Morgan fingerprint density at radius 3 is 2.67 bits per heavy atom. The van der Waals surface area contributed by atoms with Crippen LogP contribution in [0.5, 0.6) is 0 Å². The molecule has 0 aromatic carbocycles. The van der Waals surface area contributed by atoms with Crippen LogP contribution >= 0.6 is 0 Å². The molecule has 21 heavy (non-hydrogen) atoms. The van der Waals surface area contributed by atoms with Gasteiger partial charge >= 0.3 is 0 Å². The summed E-state index contributed by atoms with van der Waals surface area (Å²) in [4.78, 5) is 4.40. The molecular formula is C19H32N2. The topological polar surface area (TPSA) is 24.9 Å². The molecule has 2 heteroatoms. The van der Waals surface area contributed by atoms with Gasteiger partial charge in [0, 0.05) is 12.4 Å². The van der Waals surface area contributed by atoms with E-state index in [1.54, 1.807) is 0 Å². The van der Waals surface area contributed by atoms with E-state index in [1.807, 2.05) is 6.20 Å². The van der Waals surface area contributed by atoms with E-state index in [2.05, 4.69) is 57.2 Å². The first kappa shape index (κ1) is 16.5. The Bertz CT molecular complexity index is 447. The molecule has 2 nitrogen and oxygen atoms in total. The molecule has 3 unspecified atom stereocenters. The first-order chi connectivity index (χ1) is 9.93. The molecule has 1 aromatic heterocycles. The summed E-state index contributed by atoms with van der Waals surface area (Å²) in [5.74, 6) is 2.24. The van der Waals surface area contributed by atoms with Crippen LogP contribution in [0.1, 0.15) is 64.0 Å². The van der Waals surface area contributed by atoms with Crippen molar-refractivity contribution in [3.05, 3.63) is 29.6 Å². The van der Waals surface area contributed by atoms with Crippen molar-refractivity contribution in [3.63, 3.8) is 0 Å². The van der Waals surface area contributed by atoms with Crippen LogP contribution in [0, 0.1) is 24.2 Å². The second-order valence-electron chi connectivity index (χ2n) is 7.78. The van der Waals surface area contributed by atoms with Crippen molar-refractivity contribution in [2.45, 2.75) is 59.8 Å². The number of aromatic nitrogens is 1. The summed E-state index contributed by atoms with van der Waals surface area (Å²) in [6.07, 6.45) is 8.06. The Morgan fingerprint density at radius 1 is 1.29 bits per heavy atom. The lowest BCUT2D eigenvalue weighted by Crippen LogP contribution is -2.36. The van der Waals surface area contributed by atoms with E-state index in [-0.39, 0.29) is 0 Å². The van der Waals surface area contributed by atoms with Crippen molar-refractivity contribution in [1.29, 1.82) is 0 Å². The monoisotopic (exact) mass is 288 g/mol. The summed E-state index contributed by atoms with van der Waals surface area (Å²) in [6.45, 7) is 13.8. The average molecular weight is 288 g/mol. The molecule has 0 spiro atoms. The zero-order chi connectivity index (χ0) is 15.5. The summed E-state index contributed by atoms with van der Waals surface area (Å²) in [5, 5.41) is 3.57. The van der Waals surface area contributed by atoms with Crippen molar-refractivity contribution in [1.82, 2.24) is 10.3 Å². The van der Waals surface area contributed by atoms with Crippen LogP contribution in [-0.4, -0.2) is 18.1 Å². The van der Waals surface area contributed by atoms with Crippen LogP contribution in [0.3, 0.4) is 0 Å². The van der Waals surface area contributed by atoms with E-state index in [9.17, 15) is 0 Å². The number of pyridine rings is 1. The molecule has 1 aromatic rings. The van der Waals surface area contributed by atoms with Crippen LogP contribution in [0.15, 0.2) is 18.5 Å². The van der Waals surface area contributed by atoms with E-state index < -0.39 is 0 Å². The van der Waals surface area contributed by atoms with Crippen molar-refractivity contribution >= 4 is 0 Å². The van der Waals surface area contributed by atoms with Crippen LogP contribution in [0.25, 0.3) is 0 Å². The van der Waals surface area contributed by atoms with Crippen LogP contribution in [-0.2, 0) is 0 Å². The molecule has 0 aliphatic heterocycles. The number of nitrogens with zero attached hydrogens (tertiary/aromatic N) is 1. The minimum Gasteiger partial charge on any atom is -0.317 e. The predicted octanol–water partition coefficient (Wildman–Crippen LogP) is 4.55. The quantitative estimate of drug-likeness (QED) is 0.879. The first-order valence-electron chi connectivity index (χ1n) is 8.54. The van der Waals surface area contributed by atoms with Gasteiger partial charge in [-0.15, -0.1) is 0 Å². The predicted molar refractivity (Wildman–Crippen MR) is 90.5 cm³/mol. The third-order valence-electron chi connectivity index (χ3n) is 5.35. The number of nitrogens with one attached hydrogen (secondary N) is 1. The highest BCUT2D eigenvalue weighted by Crippen LogP contribution is 2.47. The van der Waals surface area contributed by atoms with Crippen LogP contribution in [0.2, 0.25) is 0 Å². The molecule has 1 aliphatic rings. The van der Waals surface area contributed by atoms with Crippen LogP contribution in [0.4, 0.5) is 0 Å². The third kappa shape index (κ3) is 4.06. The van der Waals surface area contributed by atoms with E-state index in [0.717, 1.165) is 24.9 Å². The number of hydrogen-bond acceptors (Lipinski definition) is 2. The van der Waals surface area contributed by atoms with Gasteiger partial charge in [0.1, 0.15) is 0 Å². The standard InChI is InChI=1S/C19H32N2/c1-6-20-12-15-7-8-16(19(3,4)5)11-17(15)18-13-21-10-9-14(18)2/h9-10,13,15-17,20H,6-8,11-12H2,1-5H3. The second kappa shape index (κ2) is 6.91.